The molecule has 2 rings (SSSR count). The van der Waals surface area contributed by atoms with Crippen LogP contribution in [-0.2, 0) is 11.3 Å². The first-order valence-corrected chi connectivity index (χ1v) is 6.96. The third kappa shape index (κ3) is 3.48. The molecule has 24 heavy (non-hydrogen) atoms. The lowest BCUT2D eigenvalue weighted by Gasteiger charge is -2.13. The van der Waals surface area contributed by atoms with Crippen LogP contribution in [0.1, 0.15) is 21.6 Å². The minimum absolute atomic E-state index is 0.207. The number of benzene rings is 1. The van der Waals surface area contributed by atoms with Crippen molar-refractivity contribution in [3.8, 4) is 0 Å². The summed E-state index contributed by atoms with van der Waals surface area (Å²) in [5.74, 6) is -3.31. The fourth-order valence-corrected chi connectivity index (χ4v) is 2.35. The molecule has 0 aliphatic heterocycles. The average Bonchev–Trinajstić information content (AvgIpc) is 2.46. The second-order valence-electron chi connectivity index (χ2n) is 5.27. The van der Waals surface area contributed by atoms with Gasteiger partial charge in [0.05, 0.1) is 5.69 Å². The van der Waals surface area contributed by atoms with Crippen LogP contribution in [0.4, 0.5) is 14.5 Å². The zero-order valence-corrected chi connectivity index (χ0v) is 13.0. The van der Waals surface area contributed by atoms with Crippen LogP contribution in [0.25, 0.3) is 0 Å². The summed E-state index contributed by atoms with van der Waals surface area (Å²) >= 11 is 0. The number of anilines is 1. The van der Waals surface area contributed by atoms with E-state index in [1.165, 1.54) is 0 Å². The Morgan fingerprint density at radius 1 is 1.21 bits per heavy atom. The molecule has 1 aromatic carbocycles. The number of nitrogens with two attached hydrogens (primary N) is 1. The van der Waals surface area contributed by atoms with Gasteiger partial charge in [0.15, 0.2) is 0 Å². The van der Waals surface area contributed by atoms with Crippen LogP contribution < -0.4 is 16.6 Å². The highest BCUT2D eigenvalue weighted by Crippen LogP contribution is 2.15. The normalized spacial score (nSPS) is 10.5. The highest BCUT2D eigenvalue weighted by atomic mass is 19.1. The van der Waals surface area contributed by atoms with Gasteiger partial charge in [-0.3, -0.25) is 14.4 Å². The third-order valence-electron chi connectivity index (χ3n) is 3.46. The Morgan fingerprint density at radius 2 is 1.88 bits per heavy atom. The number of nitrogens with one attached hydrogen (secondary N) is 1. The number of nitrogens with zero attached hydrogens (tertiary/aromatic N) is 1. The largest absolute Gasteiger partial charge is 0.365 e. The van der Waals surface area contributed by atoms with E-state index in [1.54, 1.807) is 19.9 Å². The molecule has 1 heterocycles. The molecule has 0 aliphatic carbocycles. The minimum atomic E-state index is -0.936. The summed E-state index contributed by atoms with van der Waals surface area (Å²) in [5.41, 5.74) is 4.92. The number of carbonyl (C=O) groups is 2. The Kier molecular flexibility index (Phi) is 4.77. The van der Waals surface area contributed by atoms with Gasteiger partial charge >= 0.3 is 0 Å². The number of hydrogen-bond donors (Lipinski definition) is 2. The first kappa shape index (κ1) is 17.3. The Bertz CT molecular complexity index is 891. The Morgan fingerprint density at radius 3 is 2.46 bits per heavy atom. The zero-order chi connectivity index (χ0) is 18.0. The van der Waals surface area contributed by atoms with Crippen LogP contribution in [0, 0.1) is 25.5 Å². The molecule has 0 aliphatic rings. The maximum absolute atomic E-state index is 13.5. The summed E-state index contributed by atoms with van der Waals surface area (Å²) in [7, 11) is 0. The number of aromatic nitrogens is 1. The van der Waals surface area contributed by atoms with Gasteiger partial charge in [-0.2, -0.15) is 0 Å². The van der Waals surface area contributed by atoms with Gasteiger partial charge in [0, 0.05) is 11.8 Å². The molecule has 0 bridgehead atoms. The molecule has 126 valence electrons. The summed E-state index contributed by atoms with van der Waals surface area (Å²) in [6.07, 6.45) is 0. The molecule has 1 aromatic heterocycles. The number of carbonyl (C=O) groups excluding carboxylic acids is 2. The molecule has 0 fully saturated rings. The monoisotopic (exact) mass is 335 g/mol. The number of pyridine rings is 1. The second-order valence-corrected chi connectivity index (χ2v) is 5.27. The molecule has 0 unspecified atom stereocenters. The maximum Gasteiger partial charge on any atom is 0.264 e. The molecule has 0 atom stereocenters. The molecule has 0 saturated carbocycles. The topological polar surface area (TPSA) is 94.2 Å². The fraction of sp³-hybridized carbons (Fsp3) is 0.188. The summed E-state index contributed by atoms with van der Waals surface area (Å²) in [4.78, 5) is 35.7. The van der Waals surface area contributed by atoms with Crippen molar-refractivity contribution >= 4 is 17.5 Å². The summed E-state index contributed by atoms with van der Waals surface area (Å²) < 4.78 is 27.5. The van der Waals surface area contributed by atoms with Crippen LogP contribution in [0.2, 0.25) is 0 Å². The van der Waals surface area contributed by atoms with Crippen LogP contribution in [0.15, 0.2) is 29.1 Å². The molecule has 2 amide bonds. The second kappa shape index (κ2) is 6.61. The summed E-state index contributed by atoms with van der Waals surface area (Å²) in [6, 6.07) is 4.24. The predicted octanol–water partition coefficient (Wildman–Crippen LogP) is 1.48. The van der Waals surface area contributed by atoms with Gasteiger partial charge < -0.3 is 15.6 Å². The van der Waals surface area contributed by atoms with Gasteiger partial charge in [-0.15, -0.1) is 0 Å². The van der Waals surface area contributed by atoms with E-state index in [0.717, 1.165) is 16.7 Å². The molecular weight excluding hydrogens is 320 g/mol. The minimum Gasteiger partial charge on any atom is -0.365 e. The van der Waals surface area contributed by atoms with Crippen molar-refractivity contribution in [2.45, 2.75) is 20.4 Å². The Balaban J connectivity index is 2.31. The van der Waals surface area contributed by atoms with Crippen molar-refractivity contribution in [2.24, 2.45) is 5.73 Å². The van der Waals surface area contributed by atoms with Gasteiger partial charge in [-0.25, -0.2) is 8.78 Å². The number of halogens is 2. The molecular formula is C16H15F2N3O3. The van der Waals surface area contributed by atoms with Crippen LogP contribution in [-0.4, -0.2) is 16.4 Å². The van der Waals surface area contributed by atoms with Crippen molar-refractivity contribution in [3.63, 3.8) is 0 Å². The quantitative estimate of drug-likeness (QED) is 0.886. The van der Waals surface area contributed by atoms with E-state index in [-0.39, 0.29) is 11.3 Å². The maximum atomic E-state index is 13.5. The highest BCUT2D eigenvalue weighted by Gasteiger charge is 2.17. The third-order valence-corrected chi connectivity index (χ3v) is 3.46. The number of hydrogen-bond acceptors (Lipinski definition) is 3. The van der Waals surface area contributed by atoms with Crippen LogP contribution in [0.3, 0.4) is 0 Å². The lowest BCUT2D eigenvalue weighted by Crippen LogP contribution is -2.35. The van der Waals surface area contributed by atoms with E-state index < -0.39 is 35.6 Å². The predicted molar refractivity (Wildman–Crippen MR) is 83.7 cm³/mol. The lowest BCUT2D eigenvalue weighted by molar-refractivity contribution is -0.116. The highest BCUT2D eigenvalue weighted by molar-refractivity contribution is 5.94. The van der Waals surface area contributed by atoms with Crippen molar-refractivity contribution in [3.05, 3.63) is 63.1 Å². The van der Waals surface area contributed by atoms with Crippen molar-refractivity contribution in [1.82, 2.24) is 4.57 Å². The van der Waals surface area contributed by atoms with E-state index >= 15 is 0 Å². The van der Waals surface area contributed by atoms with E-state index in [1.807, 2.05) is 0 Å². The van der Waals surface area contributed by atoms with Gasteiger partial charge in [0.1, 0.15) is 23.7 Å². The van der Waals surface area contributed by atoms with E-state index in [2.05, 4.69) is 5.32 Å². The SMILES string of the molecule is Cc1cc(C)n(CC(=O)Nc2ccc(F)cc2F)c(=O)c1C(N)=O. The Hall–Kier alpha value is -3.03. The standard InChI is InChI=1S/C16H15F2N3O3/c1-8-5-9(2)21(16(24)14(8)15(19)23)7-13(22)20-12-4-3-10(17)6-11(12)18/h3-6H,7H2,1-2H3,(H2,19,23)(H,20,22). The Labute approximate surface area is 135 Å². The smallest absolute Gasteiger partial charge is 0.264 e. The molecule has 3 N–H and O–H groups in total. The van der Waals surface area contributed by atoms with E-state index in [4.69, 9.17) is 5.73 Å². The zero-order valence-electron chi connectivity index (χ0n) is 13.0. The van der Waals surface area contributed by atoms with Crippen molar-refractivity contribution in [2.75, 3.05) is 5.32 Å². The first-order chi connectivity index (χ1) is 11.2. The lowest BCUT2D eigenvalue weighted by atomic mass is 10.1. The van der Waals surface area contributed by atoms with Gasteiger partial charge in [-0.05, 0) is 37.6 Å². The molecule has 2 aromatic rings. The van der Waals surface area contributed by atoms with Crippen LogP contribution >= 0.6 is 0 Å². The molecule has 0 spiro atoms. The first-order valence-electron chi connectivity index (χ1n) is 6.96. The van der Waals surface area contributed by atoms with Crippen LogP contribution in [0.5, 0.6) is 0 Å². The fourth-order valence-electron chi connectivity index (χ4n) is 2.35. The number of rotatable bonds is 4. The number of aryl methyl sites for hydroxylation is 2. The average molecular weight is 335 g/mol. The van der Waals surface area contributed by atoms with E-state index in [0.29, 0.717) is 17.3 Å². The molecule has 0 saturated heterocycles. The van der Waals surface area contributed by atoms with E-state index in [9.17, 15) is 23.2 Å². The van der Waals surface area contributed by atoms with Gasteiger partial charge in [0.25, 0.3) is 11.5 Å². The van der Waals surface area contributed by atoms with Crippen molar-refractivity contribution < 1.29 is 18.4 Å². The number of primary amides is 1. The summed E-state index contributed by atoms with van der Waals surface area (Å²) in [5, 5.41) is 2.25. The number of amides is 2. The molecule has 8 heteroatoms. The summed E-state index contributed by atoms with van der Waals surface area (Å²) in [6.45, 7) is 2.71. The molecule has 6 nitrogen and oxygen atoms in total. The molecule has 0 radical (unpaired) electrons. The van der Waals surface area contributed by atoms with Gasteiger partial charge in [0.2, 0.25) is 5.91 Å². The van der Waals surface area contributed by atoms with Gasteiger partial charge in [-0.1, -0.05) is 0 Å². The van der Waals surface area contributed by atoms with Crippen molar-refractivity contribution in [1.29, 1.82) is 0 Å².